The van der Waals surface area contributed by atoms with E-state index in [1.165, 1.54) is 4.90 Å². The number of carbonyl (C=O) groups is 3. The molecule has 3 N–H and O–H groups in total. The van der Waals surface area contributed by atoms with Crippen molar-refractivity contribution in [1.29, 1.82) is 0 Å². The maximum absolute atomic E-state index is 14.5. The van der Waals surface area contributed by atoms with Crippen LogP contribution in [0.5, 0.6) is 5.75 Å². The molecule has 3 aromatic carbocycles. The number of hydrogen-bond donors (Lipinski definition) is 3. The van der Waals surface area contributed by atoms with Gasteiger partial charge in [0.2, 0.25) is 17.7 Å². The third-order valence-electron chi connectivity index (χ3n) is 10.0. The molecule has 9 heteroatoms. The number of amides is 3. The van der Waals surface area contributed by atoms with Crippen molar-refractivity contribution in [1.82, 2.24) is 4.90 Å². The summed E-state index contributed by atoms with van der Waals surface area (Å²) in [4.78, 5) is 44.5. The summed E-state index contributed by atoms with van der Waals surface area (Å²) in [7, 11) is 0. The van der Waals surface area contributed by atoms with Gasteiger partial charge in [0.05, 0.1) is 36.7 Å². The second-order valence-corrected chi connectivity index (χ2v) is 12.9. The van der Waals surface area contributed by atoms with E-state index in [1.54, 1.807) is 24.3 Å². The molecular formula is C35H41N3O6. The minimum Gasteiger partial charge on any atom is -0.494 e. The van der Waals surface area contributed by atoms with E-state index in [-0.39, 0.29) is 36.2 Å². The molecule has 0 aromatic heterocycles. The van der Waals surface area contributed by atoms with Crippen LogP contribution in [0.15, 0.2) is 66.7 Å². The number of benzene rings is 3. The molecule has 3 heterocycles. The summed E-state index contributed by atoms with van der Waals surface area (Å²) in [6.07, 6.45) is 0.440. The Morgan fingerprint density at radius 3 is 2.34 bits per heavy atom. The number of fused-ring (bicyclic) bond motifs is 2. The molecule has 0 radical (unpaired) electrons. The van der Waals surface area contributed by atoms with E-state index in [0.717, 1.165) is 10.8 Å². The number of nitrogens with zero attached hydrogens (tertiary/aromatic N) is 1. The van der Waals surface area contributed by atoms with Gasteiger partial charge in [0.25, 0.3) is 0 Å². The summed E-state index contributed by atoms with van der Waals surface area (Å²) < 4.78 is 12.4. The number of aliphatic hydroxyl groups excluding tert-OH is 1. The first kappa shape index (κ1) is 30.1. The van der Waals surface area contributed by atoms with Gasteiger partial charge in [-0.15, -0.1) is 0 Å². The van der Waals surface area contributed by atoms with E-state index in [1.807, 2.05) is 77.1 Å². The van der Waals surface area contributed by atoms with E-state index in [4.69, 9.17) is 9.47 Å². The van der Waals surface area contributed by atoms with Crippen LogP contribution in [0, 0.1) is 23.7 Å². The summed E-state index contributed by atoms with van der Waals surface area (Å²) in [6, 6.07) is 19.0. The zero-order chi connectivity index (χ0) is 31.4. The Bertz CT molecular complexity index is 1590. The van der Waals surface area contributed by atoms with Gasteiger partial charge in [-0.05, 0) is 79.3 Å². The zero-order valence-corrected chi connectivity index (χ0v) is 25.9. The quantitative estimate of drug-likeness (QED) is 0.324. The highest BCUT2D eigenvalue weighted by molar-refractivity contribution is 6.06. The molecule has 232 valence electrons. The van der Waals surface area contributed by atoms with Crippen LogP contribution in [-0.4, -0.2) is 64.2 Å². The topological polar surface area (TPSA) is 117 Å². The molecule has 3 aliphatic heterocycles. The fourth-order valence-corrected chi connectivity index (χ4v) is 7.85. The number of rotatable bonds is 9. The van der Waals surface area contributed by atoms with Gasteiger partial charge >= 0.3 is 0 Å². The lowest BCUT2D eigenvalue weighted by Gasteiger charge is -2.38. The van der Waals surface area contributed by atoms with Crippen molar-refractivity contribution in [3.63, 3.8) is 0 Å². The summed E-state index contributed by atoms with van der Waals surface area (Å²) >= 11 is 0. The van der Waals surface area contributed by atoms with Crippen molar-refractivity contribution in [3.05, 3.63) is 66.7 Å². The summed E-state index contributed by atoms with van der Waals surface area (Å²) in [5, 5.41) is 18.6. The predicted molar refractivity (Wildman–Crippen MR) is 168 cm³/mol. The summed E-state index contributed by atoms with van der Waals surface area (Å²) in [5.41, 5.74) is -1.01. The van der Waals surface area contributed by atoms with Crippen LogP contribution < -0.4 is 15.4 Å². The van der Waals surface area contributed by atoms with Crippen molar-refractivity contribution < 1.29 is 29.0 Å². The van der Waals surface area contributed by atoms with Crippen molar-refractivity contribution in [2.45, 2.75) is 64.3 Å². The monoisotopic (exact) mass is 599 g/mol. The van der Waals surface area contributed by atoms with Crippen LogP contribution in [0.3, 0.4) is 0 Å². The van der Waals surface area contributed by atoms with Crippen LogP contribution in [0.4, 0.5) is 11.4 Å². The molecule has 44 heavy (non-hydrogen) atoms. The Balaban J connectivity index is 1.37. The van der Waals surface area contributed by atoms with E-state index < -0.39 is 35.1 Å². The Morgan fingerprint density at radius 2 is 1.68 bits per heavy atom. The molecule has 3 unspecified atom stereocenters. The minimum atomic E-state index is -1.23. The smallest absolute Gasteiger partial charge is 0.250 e. The van der Waals surface area contributed by atoms with Crippen LogP contribution >= 0.6 is 0 Å². The highest BCUT2D eigenvalue weighted by atomic mass is 16.5. The lowest BCUT2D eigenvalue weighted by atomic mass is 9.62. The normalized spacial score (nSPS) is 29.6. The van der Waals surface area contributed by atoms with Gasteiger partial charge in [0, 0.05) is 11.4 Å². The maximum atomic E-state index is 14.5. The first-order valence-electron chi connectivity index (χ1n) is 15.5. The fraction of sp³-hybridized carbons (Fsp3) is 0.457. The van der Waals surface area contributed by atoms with Crippen molar-refractivity contribution in [2.24, 2.45) is 23.7 Å². The lowest BCUT2D eigenvalue weighted by Crippen LogP contribution is -2.57. The van der Waals surface area contributed by atoms with Gasteiger partial charge in [0.1, 0.15) is 17.4 Å². The Morgan fingerprint density at radius 1 is 1.02 bits per heavy atom. The van der Waals surface area contributed by atoms with Gasteiger partial charge in [-0.2, -0.15) is 0 Å². The number of aliphatic hydroxyl groups is 1. The summed E-state index contributed by atoms with van der Waals surface area (Å²) in [6.45, 7) is 9.84. The van der Waals surface area contributed by atoms with Gasteiger partial charge in [0.15, 0.2) is 0 Å². The van der Waals surface area contributed by atoms with Crippen LogP contribution in [0.25, 0.3) is 10.8 Å². The number of hydrogen-bond acceptors (Lipinski definition) is 6. The van der Waals surface area contributed by atoms with Gasteiger partial charge < -0.3 is 30.1 Å². The molecule has 2 bridgehead atoms. The largest absolute Gasteiger partial charge is 0.494 e. The second-order valence-electron chi connectivity index (χ2n) is 12.9. The molecule has 0 aliphatic carbocycles. The standard InChI is InChI=1S/C35H41N3O6/c1-6-43-26-15-13-24(14-16-26)36-31(40)28-29-33(42)38(27(19-39)20(2)3)30(35(29)18-21(4)34(28,5)44-35)32(41)37-25-12-11-22-9-7-8-10-23(22)17-25/h7-17,20-21,27-30,39H,6,18-19H2,1-5H3,(H,36,40)(H,37,41)/t21?,27-,28-,29-,30?,34+,35?/m0/s1. The van der Waals surface area contributed by atoms with Crippen molar-refractivity contribution in [2.75, 3.05) is 23.8 Å². The van der Waals surface area contributed by atoms with Crippen LogP contribution in [0.1, 0.15) is 41.0 Å². The van der Waals surface area contributed by atoms with Crippen LogP contribution in [-0.2, 0) is 19.1 Å². The first-order valence-corrected chi connectivity index (χ1v) is 15.5. The maximum Gasteiger partial charge on any atom is 0.250 e. The van der Waals surface area contributed by atoms with Gasteiger partial charge in [-0.3, -0.25) is 14.4 Å². The van der Waals surface area contributed by atoms with Gasteiger partial charge in [-0.25, -0.2) is 0 Å². The number of nitrogens with one attached hydrogen (secondary N) is 2. The molecule has 3 aromatic rings. The average Bonchev–Trinajstić information content (AvgIpc) is 3.51. The Labute approximate surface area is 257 Å². The third-order valence-corrected chi connectivity index (χ3v) is 10.0. The molecule has 3 saturated heterocycles. The molecule has 3 aliphatic rings. The van der Waals surface area contributed by atoms with Gasteiger partial charge in [-0.1, -0.05) is 51.1 Å². The molecule has 3 amide bonds. The summed E-state index contributed by atoms with van der Waals surface area (Å²) in [5.74, 6) is -2.33. The molecule has 9 nitrogen and oxygen atoms in total. The highest BCUT2D eigenvalue weighted by Crippen LogP contribution is 2.65. The number of likely N-dealkylation sites (tertiary alicyclic amines) is 1. The molecule has 7 atom stereocenters. The third kappa shape index (κ3) is 4.64. The molecule has 1 spiro atoms. The van der Waals surface area contributed by atoms with E-state index >= 15 is 0 Å². The minimum absolute atomic E-state index is 0.106. The van der Waals surface area contributed by atoms with E-state index in [9.17, 15) is 19.5 Å². The SMILES string of the molecule is CCOc1ccc(NC(=O)[C@@H]2[C@H]3C(=O)N([C@@H](CO)C(C)C)C(C(=O)Nc4ccc5ccccc5c4)C34CC(C)[C@@]2(C)O4)cc1. The molecule has 3 fully saturated rings. The van der Waals surface area contributed by atoms with Crippen molar-refractivity contribution >= 4 is 39.9 Å². The zero-order valence-electron chi connectivity index (χ0n) is 25.9. The van der Waals surface area contributed by atoms with E-state index in [0.29, 0.717) is 30.2 Å². The predicted octanol–water partition coefficient (Wildman–Crippen LogP) is 4.84. The lowest BCUT2D eigenvalue weighted by molar-refractivity contribution is -0.149. The fourth-order valence-electron chi connectivity index (χ4n) is 7.85. The number of anilines is 2. The number of ether oxygens (including phenoxy) is 2. The second kappa shape index (κ2) is 11.2. The van der Waals surface area contributed by atoms with E-state index in [2.05, 4.69) is 10.6 Å². The molecule has 0 saturated carbocycles. The molecule has 6 rings (SSSR count). The van der Waals surface area contributed by atoms with Crippen LogP contribution in [0.2, 0.25) is 0 Å². The Kier molecular flexibility index (Phi) is 7.66. The average molecular weight is 600 g/mol. The Hall–Kier alpha value is -3.95. The van der Waals surface area contributed by atoms with Crippen molar-refractivity contribution in [3.8, 4) is 5.75 Å². The first-order chi connectivity index (χ1) is 21.0. The molecular weight excluding hydrogens is 558 g/mol. The highest BCUT2D eigenvalue weighted by Gasteiger charge is 2.80. The number of carbonyl (C=O) groups excluding carboxylic acids is 3.